The second-order valence-electron chi connectivity index (χ2n) is 7.47. The maximum atomic E-state index is 12.9. The molecule has 0 bridgehead atoms. The number of rotatable bonds is 5. The highest BCUT2D eigenvalue weighted by Crippen LogP contribution is 2.28. The van der Waals surface area contributed by atoms with Gasteiger partial charge >= 0.3 is 0 Å². The quantitative estimate of drug-likeness (QED) is 0.719. The average molecular weight is 391 g/mol. The first-order chi connectivity index (χ1) is 14.1. The van der Waals surface area contributed by atoms with Crippen molar-refractivity contribution in [3.05, 3.63) is 65.4 Å². The van der Waals surface area contributed by atoms with Gasteiger partial charge < -0.3 is 9.64 Å². The second-order valence-corrected chi connectivity index (χ2v) is 7.47. The van der Waals surface area contributed by atoms with Crippen LogP contribution in [-0.2, 0) is 11.2 Å². The lowest BCUT2D eigenvalue weighted by molar-refractivity contribution is -0.131. The normalized spacial score (nSPS) is 16.6. The number of carbonyl (C=O) groups is 1. The molecule has 7 nitrogen and oxygen atoms in total. The molecule has 2 aromatic heterocycles. The van der Waals surface area contributed by atoms with Crippen LogP contribution in [0.2, 0.25) is 0 Å². The molecule has 1 N–H and O–H groups in total. The molecule has 1 aliphatic rings. The number of carbonyl (C=O) groups excluding carboxylic acids is 1. The molecule has 29 heavy (non-hydrogen) atoms. The predicted molar refractivity (Wildman–Crippen MR) is 109 cm³/mol. The minimum Gasteiger partial charge on any atom is -0.437 e. The van der Waals surface area contributed by atoms with Gasteiger partial charge in [0.2, 0.25) is 11.8 Å². The summed E-state index contributed by atoms with van der Waals surface area (Å²) < 4.78 is 5.82. The first kappa shape index (κ1) is 19.1. The number of para-hydroxylation sites is 1. The SMILES string of the molecule is Cc1n[nH]c(C)c1CC(=O)N1CCCC(c2cncc(Oc3ccccc3)n2)C1. The zero-order valence-electron chi connectivity index (χ0n) is 16.8. The number of benzene rings is 1. The van der Waals surface area contributed by atoms with Crippen molar-refractivity contribution in [1.82, 2.24) is 25.1 Å². The van der Waals surface area contributed by atoms with Crippen LogP contribution in [0, 0.1) is 13.8 Å². The number of piperidine rings is 1. The number of likely N-dealkylation sites (tertiary alicyclic amines) is 1. The van der Waals surface area contributed by atoms with Crippen molar-refractivity contribution in [3.63, 3.8) is 0 Å². The van der Waals surface area contributed by atoms with Gasteiger partial charge in [0, 0.05) is 36.5 Å². The summed E-state index contributed by atoms with van der Waals surface area (Å²) in [5.74, 6) is 1.49. The Labute approximate surface area is 170 Å². The lowest BCUT2D eigenvalue weighted by Gasteiger charge is -2.32. The highest BCUT2D eigenvalue weighted by Gasteiger charge is 2.27. The van der Waals surface area contributed by atoms with Crippen molar-refractivity contribution in [3.8, 4) is 11.6 Å². The molecule has 3 heterocycles. The van der Waals surface area contributed by atoms with Crippen LogP contribution in [0.4, 0.5) is 0 Å². The second kappa shape index (κ2) is 8.43. The summed E-state index contributed by atoms with van der Waals surface area (Å²) in [6, 6.07) is 9.54. The van der Waals surface area contributed by atoms with E-state index in [1.165, 1.54) is 0 Å². The maximum absolute atomic E-state index is 12.9. The number of amides is 1. The van der Waals surface area contributed by atoms with E-state index in [4.69, 9.17) is 4.74 Å². The molecule has 1 atom stereocenters. The molecule has 1 unspecified atom stereocenters. The predicted octanol–water partition coefficient (Wildman–Crippen LogP) is 3.56. The summed E-state index contributed by atoms with van der Waals surface area (Å²) in [5, 5.41) is 7.15. The van der Waals surface area contributed by atoms with E-state index < -0.39 is 0 Å². The van der Waals surface area contributed by atoms with Crippen LogP contribution in [0.1, 0.15) is 41.4 Å². The molecule has 7 heteroatoms. The fourth-order valence-corrected chi connectivity index (χ4v) is 3.76. The van der Waals surface area contributed by atoms with Gasteiger partial charge in [-0.25, -0.2) is 4.98 Å². The minimum atomic E-state index is 0.131. The Morgan fingerprint density at radius 2 is 2.07 bits per heavy atom. The van der Waals surface area contributed by atoms with Crippen molar-refractivity contribution in [1.29, 1.82) is 0 Å². The van der Waals surface area contributed by atoms with Crippen LogP contribution >= 0.6 is 0 Å². The minimum absolute atomic E-state index is 0.131. The summed E-state index contributed by atoms with van der Waals surface area (Å²) in [7, 11) is 0. The summed E-state index contributed by atoms with van der Waals surface area (Å²) in [6.45, 7) is 5.31. The van der Waals surface area contributed by atoms with Gasteiger partial charge in [-0.05, 0) is 38.8 Å². The molecule has 150 valence electrons. The Kier molecular flexibility index (Phi) is 5.55. The maximum Gasteiger partial charge on any atom is 0.238 e. The van der Waals surface area contributed by atoms with Gasteiger partial charge in [0.05, 0.1) is 24.0 Å². The van der Waals surface area contributed by atoms with Gasteiger partial charge in [0.15, 0.2) is 0 Å². The molecule has 0 spiro atoms. The van der Waals surface area contributed by atoms with Crippen molar-refractivity contribution in [2.45, 2.75) is 39.0 Å². The average Bonchev–Trinajstić information content (AvgIpc) is 3.07. The van der Waals surface area contributed by atoms with E-state index in [2.05, 4.69) is 20.2 Å². The molecule has 1 fully saturated rings. The number of nitrogens with zero attached hydrogens (tertiary/aromatic N) is 4. The summed E-state index contributed by atoms with van der Waals surface area (Å²) >= 11 is 0. The standard InChI is InChI=1S/C22H25N5O2/c1-15-19(16(2)26-25-15)11-22(28)27-10-6-7-17(14-27)20-12-23-13-21(24-20)29-18-8-4-3-5-9-18/h3-5,8-9,12-13,17H,6-7,10-11,14H2,1-2H3,(H,25,26). The van der Waals surface area contributed by atoms with E-state index in [-0.39, 0.29) is 11.8 Å². The molecule has 1 aromatic carbocycles. The number of ether oxygens (including phenoxy) is 1. The fraction of sp³-hybridized carbons (Fsp3) is 0.364. The molecule has 0 saturated carbocycles. The highest BCUT2D eigenvalue weighted by molar-refractivity contribution is 5.79. The Morgan fingerprint density at radius 3 is 2.83 bits per heavy atom. The Balaban J connectivity index is 1.44. The number of aromatic nitrogens is 4. The van der Waals surface area contributed by atoms with Crippen LogP contribution in [0.5, 0.6) is 11.6 Å². The Morgan fingerprint density at radius 1 is 1.24 bits per heavy atom. The number of aryl methyl sites for hydroxylation is 2. The molecule has 1 saturated heterocycles. The molecule has 1 aliphatic heterocycles. The van der Waals surface area contributed by atoms with E-state index in [0.717, 1.165) is 47.8 Å². The van der Waals surface area contributed by atoms with Gasteiger partial charge in [0.1, 0.15) is 5.75 Å². The lowest BCUT2D eigenvalue weighted by atomic mass is 9.94. The Bertz CT molecular complexity index is 966. The van der Waals surface area contributed by atoms with E-state index in [0.29, 0.717) is 18.8 Å². The van der Waals surface area contributed by atoms with Gasteiger partial charge in [0.25, 0.3) is 0 Å². The van der Waals surface area contributed by atoms with E-state index in [9.17, 15) is 4.79 Å². The van der Waals surface area contributed by atoms with Gasteiger partial charge in [-0.3, -0.25) is 14.9 Å². The van der Waals surface area contributed by atoms with Gasteiger partial charge in [-0.15, -0.1) is 0 Å². The topological polar surface area (TPSA) is 84.0 Å². The Hall–Kier alpha value is -3.22. The van der Waals surface area contributed by atoms with Crippen molar-refractivity contribution in [2.75, 3.05) is 13.1 Å². The fourth-order valence-electron chi connectivity index (χ4n) is 3.76. The first-order valence-electron chi connectivity index (χ1n) is 9.93. The summed E-state index contributed by atoms with van der Waals surface area (Å²) in [5.41, 5.74) is 3.71. The summed E-state index contributed by atoms with van der Waals surface area (Å²) in [6.07, 6.45) is 5.71. The zero-order valence-corrected chi connectivity index (χ0v) is 16.8. The number of hydrogen-bond donors (Lipinski definition) is 1. The monoisotopic (exact) mass is 391 g/mol. The third kappa shape index (κ3) is 4.45. The number of nitrogens with one attached hydrogen (secondary N) is 1. The zero-order chi connectivity index (χ0) is 20.2. The molecule has 0 radical (unpaired) electrons. The molecule has 1 amide bonds. The van der Waals surface area contributed by atoms with Crippen LogP contribution in [-0.4, -0.2) is 44.1 Å². The van der Waals surface area contributed by atoms with E-state index in [1.54, 1.807) is 12.4 Å². The lowest BCUT2D eigenvalue weighted by Crippen LogP contribution is -2.40. The van der Waals surface area contributed by atoms with Crippen LogP contribution in [0.3, 0.4) is 0 Å². The van der Waals surface area contributed by atoms with Crippen LogP contribution < -0.4 is 4.74 Å². The third-order valence-corrected chi connectivity index (χ3v) is 5.40. The third-order valence-electron chi connectivity index (χ3n) is 5.40. The molecule has 0 aliphatic carbocycles. The van der Waals surface area contributed by atoms with Crippen molar-refractivity contribution >= 4 is 5.91 Å². The van der Waals surface area contributed by atoms with E-state index in [1.807, 2.05) is 49.1 Å². The molecule has 4 rings (SSSR count). The molecular formula is C22H25N5O2. The van der Waals surface area contributed by atoms with Crippen molar-refractivity contribution in [2.24, 2.45) is 0 Å². The number of H-pyrrole nitrogens is 1. The van der Waals surface area contributed by atoms with Crippen LogP contribution in [0.25, 0.3) is 0 Å². The first-order valence-corrected chi connectivity index (χ1v) is 9.93. The van der Waals surface area contributed by atoms with Crippen LogP contribution in [0.15, 0.2) is 42.7 Å². The smallest absolute Gasteiger partial charge is 0.238 e. The van der Waals surface area contributed by atoms with Gasteiger partial charge in [-0.1, -0.05) is 18.2 Å². The largest absolute Gasteiger partial charge is 0.437 e. The van der Waals surface area contributed by atoms with Crippen molar-refractivity contribution < 1.29 is 9.53 Å². The highest BCUT2D eigenvalue weighted by atomic mass is 16.5. The van der Waals surface area contributed by atoms with E-state index >= 15 is 0 Å². The molecular weight excluding hydrogens is 366 g/mol. The number of hydrogen-bond acceptors (Lipinski definition) is 5. The number of aromatic amines is 1. The summed E-state index contributed by atoms with van der Waals surface area (Å²) in [4.78, 5) is 23.8. The molecule has 3 aromatic rings. The van der Waals surface area contributed by atoms with Gasteiger partial charge in [-0.2, -0.15) is 5.10 Å².